The molecule has 6 aliphatic carbocycles. The first-order valence-corrected chi connectivity index (χ1v) is 36.8. The molecule has 6 saturated carbocycles. The Bertz CT molecular complexity index is 4900. The number of aryl methyl sites for hydroxylation is 3. The molecule has 0 spiro atoms. The number of sulfonamides is 2. The number of imidazole rings is 1. The molecule has 0 atom stereocenters. The van der Waals surface area contributed by atoms with Crippen molar-refractivity contribution in [2.24, 2.45) is 18.2 Å². The summed E-state index contributed by atoms with van der Waals surface area (Å²) in [7, 11) is -19.6. The van der Waals surface area contributed by atoms with E-state index in [1.54, 1.807) is 74.1 Å². The summed E-state index contributed by atoms with van der Waals surface area (Å²) >= 11 is 0. The quantitative estimate of drug-likeness (QED) is 0.0743. The van der Waals surface area contributed by atoms with Crippen molar-refractivity contribution in [1.82, 2.24) is 55.7 Å². The van der Waals surface area contributed by atoms with Gasteiger partial charge in [-0.05, 0) is 132 Å². The molecule has 6 aromatic heterocycles. The van der Waals surface area contributed by atoms with Gasteiger partial charge in [0.15, 0.2) is 27.6 Å². The zero-order chi connectivity index (χ0) is 67.8. The van der Waals surface area contributed by atoms with Crippen LogP contribution in [0.15, 0.2) is 102 Å². The minimum Gasteiger partial charge on any atom is -0.741 e. The molecule has 2 aromatic carbocycles. The third-order valence-corrected chi connectivity index (χ3v) is 26.8. The molecule has 8 fully saturated rings. The van der Waals surface area contributed by atoms with Gasteiger partial charge in [-0.15, -0.1) is 28.3 Å². The van der Waals surface area contributed by atoms with E-state index >= 15 is 0 Å². The number of nitrogens with zero attached hydrogens (tertiary/aromatic N) is 14. The lowest BCUT2D eigenvalue weighted by molar-refractivity contribution is -0.670. The Morgan fingerprint density at radius 3 is 1.60 bits per heavy atom. The van der Waals surface area contributed by atoms with Gasteiger partial charge in [-0.1, -0.05) is 35.4 Å². The predicted octanol–water partition coefficient (Wildman–Crippen LogP) is 5.30. The van der Waals surface area contributed by atoms with Crippen LogP contribution in [0.4, 0.5) is 36.6 Å². The smallest absolute Gasteiger partial charge is 0.485 e. The fourth-order valence-electron chi connectivity index (χ4n) is 13.6. The number of aromatic nitrogens is 11. The molecule has 38 heteroatoms. The summed E-state index contributed by atoms with van der Waals surface area (Å²) in [5.41, 5.74) is 4.82. The molecule has 17 rings (SSSR count). The second-order valence-electron chi connectivity index (χ2n) is 25.6. The molecular formula is C56H63F7N15O11S5+. The van der Waals surface area contributed by atoms with Crippen LogP contribution in [0.1, 0.15) is 106 Å². The normalized spacial score (nSPS) is 25.1. The molecule has 2 saturated heterocycles. The molecule has 0 unspecified atom stereocenters. The minimum atomic E-state index is -6.09. The fourth-order valence-corrected chi connectivity index (χ4v) is 19.8. The van der Waals surface area contributed by atoms with E-state index in [4.69, 9.17) is 18.7 Å². The van der Waals surface area contributed by atoms with Gasteiger partial charge in [0.25, 0.3) is 28.2 Å². The highest BCUT2D eigenvalue weighted by atomic mass is 32.2. The second kappa shape index (κ2) is 22.9. The van der Waals surface area contributed by atoms with Crippen molar-refractivity contribution >= 4 is 84.9 Å². The van der Waals surface area contributed by atoms with Crippen molar-refractivity contribution in [2.75, 3.05) is 31.9 Å². The van der Waals surface area contributed by atoms with E-state index in [1.165, 1.54) is 43.6 Å². The van der Waals surface area contributed by atoms with Crippen molar-refractivity contribution in [2.45, 2.75) is 141 Å². The van der Waals surface area contributed by atoms with Gasteiger partial charge in [0, 0.05) is 22.6 Å². The Morgan fingerprint density at radius 1 is 0.617 bits per heavy atom. The maximum absolute atomic E-state index is 13.5. The maximum Gasteiger partial charge on any atom is 0.485 e. The van der Waals surface area contributed by atoms with Crippen molar-refractivity contribution in [3.05, 3.63) is 120 Å². The van der Waals surface area contributed by atoms with Gasteiger partial charge in [0.2, 0.25) is 15.7 Å². The van der Waals surface area contributed by atoms with E-state index in [0.29, 0.717) is 67.6 Å². The van der Waals surface area contributed by atoms with E-state index in [-0.39, 0.29) is 37.6 Å². The van der Waals surface area contributed by atoms with E-state index in [2.05, 4.69) is 34.8 Å². The Kier molecular flexibility index (Phi) is 16.3. The van der Waals surface area contributed by atoms with Gasteiger partial charge in [-0.25, -0.2) is 56.3 Å². The molecule has 0 amide bonds. The van der Waals surface area contributed by atoms with Crippen LogP contribution in [0.3, 0.4) is 0 Å². The van der Waals surface area contributed by atoms with Crippen molar-refractivity contribution in [3.63, 3.8) is 0 Å². The van der Waals surface area contributed by atoms with Crippen LogP contribution in [-0.4, -0.2) is 167 Å². The summed E-state index contributed by atoms with van der Waals surface area (Å²) in [6, 6.07) is 15.2. The van der Waals surface area contributed by atoms with Crippen molar-refractivity contribution in [1.29, 1.82) is 0 Å². The Hall–Kier alpha value is -6.94. The number of hydrogen-bond donors (Lipinski definition) is 1. The first-order valence-electron chi connectivity index (χ1n) is 29.5. The maximum atomic E-state index is 13.5. The van der Waals surface area contributed by atoms with Gasteiger partial charge in [0.1, 0.15) is 34.6 Å². The van der Waals surface area contributed by atoms with Gasteiger partial charge >= 0.3 is 31.6 Å². The van der Waals surface area contributed by atoms with Crippen LogP contribution in [0, 0.1) is 19.3 Å². The van der Waals surface area contributed by atoms with Crippen molar-refractivity contribution in [3.8, 4) is 0 Å². The third-order valence-electron chi connectivity index (χ3n) is 19.2. The lowest BCUT2D eigenvalue weighted by Crippen LogP contribution is -2.60. The van der Waals surface area contributed by atoms with Crippen LogP contribution in [0.2, 0.25) is 0 Å². The van der Waals surface area contributed by atoms with Gasteiger partial charge in [0.05, 0.1) is 68.2 Å². The van der Waals surface area contributed by atoms with Crippen LogP contribution in [0.25, 0.3) is 22.5 Å². The summed E-state index contributed by atoms with van der Waals surface area (Å²) in [6.07, 6.45) is 20.9. The first kappa shape index (κ1) is 67.1. The molecule has 2 N–H and O–H groups in total. The zero-order valence-corrected chi connectivity index (χ0v) is 54.6. The average Bonchev–Trinajstić information content (AvgIpc) is 1.44. The average molecular weight is 1420 g/mol. The highest BCUT2D eigenvalue weighted by Gasteiger charge is 2.57. The minimum absolute atomic E-state index is 0.0293. The monoisotopic (exact) mass is 1410 g/mol. The summed E-state index contributed by atoms with van der Waals surface area (Å²) in [4.78, 5) is 9.32. The fraction of sp³-hybridized carbons (Fsp3) is 0.500. The van der Waals surface area contributed by atoms with Crippen LogP contribution in [-0.2, 0) is 74.7 Å². The Labute approximate surface area is 535 Å². The molecule has 0 radical (unpaired) electrons. The highest BCUT2D eigenvalue weighted by molar-refractivity contribution is 7.90. The topological polar surface area (TPSA) is 329 Å². The summed E-state index contributed by atoms with van der Waals surface area (Å²) in [5, 5.41) is 17.9. The van der Waals surface area contributed by atoms with Gasteiger partial charge in [-0.2, -0.15) is 38.6 Å². The number of rotatable bonds is 11. The van der Waals surface area contributed by atoms with E-state index < -0.39 is 99.3 Å². The number of halogens is 7. The van der Waals surface area contributed by atoms with Crippen molar-refractivity contribution < 1.29 is 85.9 Å². The predicted molar refractivity (Wildman–Crippen MR) is 319 cm³/mol. The van der Waals surface area contributed by atoms with E-state index in [0.717, 1.165) is 79.6 Å². The molecule has 9 aliphatic rings. The molecule has 8 aromatic rings. The molecule has 3 aliphatic heterocycles. The zero-order valence-electron chi connectivity index (χ0n) is 50.5. The van der Waals surface area contributed by atoms with Crippen LogP contribution >= 0.6 is 0 Å². The number of nitrogens with two attached hydrogens (primary N) is 1. The van der Waals surface area contributed by atoms with Crippen LogP contribution in [0.5, 0.6) is 0 Å². The lowest BCUT2D eigenvalue weighted by atomic mass is 9.54. The molecule has 94 heavy (non-hydrogen) atoms. The lowest BCUT2D eigenvalue weighted by Gasteiger charge is -2.53. The second-order valence-corrected chi connectivity index (χ2v) is 34.4. The largest absolute Gasteiger partial charge is 0.741 e. The molecule has 506 valence electrons. The van der Waals surface area contributed by atoms with Crippen LogP contribution < -0.4 is 10.3 Å². The summed E-state index contributed by atoms with van der Waals surface area (Å²) in [5.74, 6) is -3.84. The van der Waals surface area contributed by atoms with E-state index in [9.17, 15) is 64.4 Å². The Balaban J connectivity index is 0.000000138. The highest BCUT2D eigenvalue weighted by Crippen LogP contribution is 2.59. The molecule has 26 nitrogen and oxygen atoms in total. The molecular weight excluding hydrogens is 1350 g/mol. The third kappa shape index (κ3) is 12.1. The first-order chi connectivity index (χ1) is 43.7. The SMILES string of the molecule is C[n+]1ccn(S(=O)(=O)N2CC(F)(F)C2)c1.Cc1ccc(S(=O)(=O)[N+]2=CCc3c2ncc2nnc(C45CCC(N)(CC4)CC5)n32)cc1.Cc1ccc(S(=O)(=O)n2ccc3c2ncc2nnc(C45CCC(CS(=O)(=O)N6CC(F)(F)C6)(CC4)CC5)n23)cc1.O=S(=O)([O-])C(F)(F)F. The van der Waals surface area contributed by atoms with E-state index in [1.807, 2.05) is 18.2 Å². The molecule has 9 heterocycles. The Morgan fingerprint density at radius 2 is 1.10 bits per heavy atom. The standard InChI is InChI=1S/C26H28F2N6O4S2.C22H25N6O2S.C7H10F2N3O2S.CHF3O3S/c1-18-2-4-19(5-3-18)40(37,38)33-13-6-20-22(33)29-14-21-30-31-23(34(20)21)25-10-7-24(8-11-25,9-12-25)17-39(35,36)32-15-26(27,28)16-32;1-15-2-4-16(5-3-15)31(29,30)27-13-6-17-19(27)24-14-18-25-26-20(28(17)18)21-7-10-22(23,11-8-21)12-9-21;1-10-2-3-11(6-10)15(13,14)12-4-7(8,9)5-12;2-1(3,4)8(5,6)7/h2-6,13-14H,7-12,15-17H2,1H3;2-5,13-14H,6-12,23H2,1H3;2-3,6H,4-5H2,1H3;(H,5,6,7)/q;2*+1;/p-1. The summed E-state index contributed by atoms with van der Waals surface area (Å²) < 4.78 is 224. The number of alkyl halides is 7. The number of benzene rings is 2. The van der Waals surface area contributed by atoms with Gasteiger partial charge < -0.3 is 10.3 Å². The number of fused-ring (bicyclic) bond motifs is 12. The number of hydrogen-bond acceptors (Lipinski definition) is 18. The summed E-state index contributed by atoms with van der Waals surface area (Å²) in [6.45, 7) is 0.882. The van der Waals surface area contributed by atoms with Gasteiger partial charge in [-0.3, -0.25) is 8.80 Å². The molecule has 4 bridgehead atoms.